The number of hydrogen-bond donors (Lipinski definition) is 1. The van der Waals surface area contributed by atoms with E-state index in [-0.39, 0.29) is 0 Å². The van der Waals surface area contributed by atoms with E-state index in [1.807, 2.05) is 0 Å². The maximum atomic E-state index is 5.91. The third kappa shape index (κ3) is 2.11. The van der Waals surface area contributed by atoms with Crippen molar-refractivity contribution >= 4 is 21.6 Å². The van der Waals surface area contributed by atoms with Gasteiger partial charge in [-0.25, -0.2) is 0 Å². The van der Waals surface area contributed by atoms with Gasteiger partial charge in [0.05, 0.1) is 6.10 Å². The molecule has 2 nitrogen and oxygen atoms in total. The molecule has 3 rings (SSSR count). The summed E-state index contributed by atoms with van der Waals surface area (Å²) in [5, 5.41) is 3.74. The highest BCUT2D eigenvalue weighted by atomic mass is 79.9. The second kappa shape index (κ2) is 5.10. The molecule has 0 aliphatic heterocycles. The molecule has 2 unspecified atom stereocenters. The molecule has 2 saturated carbocycles. The highest BCUT2D eigenvalue weighted by Crippen LogP contribution is 2.58. The lowest BCUT2D eigenvalue weighted by molar-refractivity contribution is -0.157. The topological polar surface area (TPSA) is 21.3 Å². The molecule has 1 spiro atoms. The van der Waals surface area contributed by atoms with Crippen molar-refractivity contribution < 1.29 is 4.74 Å². The van der Waals surface area contributed by atoms with Gasteiger partial charge in [0.2, 0.25) is 0 Å². The van der Waals surface area contributed by atoms with E-state index in [4.69, 9.17) is 4.74 Å². The first kappa shape index (κ1) is 13.4. The monoisotopic (exact) mass is 323 g/mol. The van der Waals surface area contributed by atoms with Crippen molar-refractivity contribution in [3.63, 3.8) is 0 Å². The van der Waals surface area contributed by atoms with E-state index in [2.05, 4.69) is 53.3 Å². The molecular weight excluding hydrogens is 302 g/mol. The average Bonchev–Trinajstić information content (AvgIpc) is 2.31. The van der Waals surface area contributed by atoms with Crippen LogP contribution in [0, 0.1) is 12.3 Å². The molecule has 104 valence electrons. The van der Waals surface area contributed by atoms with Gasteiger partial charge in [0, 0.05) is 28.2 Å². The Labute approximate surface area is 124 Å². The van der Waals surface area contributed by atoms with Crippen LogP contribution in [0.25, 0.3) is 0 Å². The van der Waals surface area contributed by atoms with Gasteiger partial charge in [0.1, 0.15) is 0 Å². The van der Waals surface area contributed by atoms with Crippen molar-refractivity contribution in [3.05, 3.63) is 28.2 Å². The van der Waals surface area contributed by atoms with Gasteiger partial charge in [0.15, 0.2) is 0 Å². The number of anilines is 1. The molecule has 3 heteroatoms. The summed E-state index contributed by atoms with van der Waals surface area (Å²) in [4.78, 5) is 0. The maximum absolute atomic E-state index is 5.91. The number of nitrogens with one attached hydrogen (secondary N) is 1. The van der Waals surface area contributed by atoms with Crippen molar-refractivity contribution in [2.45, 2.75) is 51.7 Å². The van der Waals surface area contributed by atoms with Crippen molar-refractivity contribution in [2.75, 3.05) is 11.9 Å². The number of rotatable bonds is 4. The largest absolute Gasteiger partial charge is 0.381 e. The van der Waals surface area contributed by atoms with Crippen molar-refractivity contribution in [1.29, 1.82) is 0 Å². The number of ether oxygens (including phenoxy) is 1. The summed E-state index contributed by atoms with van der Waals surface area (Å²) in [5.74, 6) is 0. The molecule has 1 aromatic carbocycles. The fourth-order valence-corrected chi connectivity index (χ4v) is 3.97. The van der Waals surface area contributed by atoms with Crippen molar-refractivity contribution in [2.24, 2.45) is 5.41 Å². The quantitative estimate of drug-likeness (QED) is 0.879. The van der Waals surface area contributed by atoms with E-state index in [9.17, 15) is 0 Å². The second-order valence-corrected chi connectivity index (χ2v) is 6.69. The Morgan fingerprint density at radius 3 is 2.84 bits per heavy atom. The van der Waals surface area contributed by atoms with E-state index >= 15 is 0 Å². The van der Waals surface area contributed by atoms with Crippen LogP contribution in [0.2, 0.25) is 0 Å². The van der Waals surface area contributed by atoms with Gasteiger partial charge in [-0.3, -0.25) is 0 Å². The molecule has 2 aliphatic rings. The van der Waals surface area contributed by atoms with Crippen LogP contribution in [0.5, 0.6) is 0 Å². The summed E-state index contributed by atoms with van der Waals surface area (Å²) in [6.45, 7) is 5.08. The Morgan fingerprint density at radius 1 is 1.42 bits per heavy atom. The van der Waals surface area contributed by atoms with Crippen LogP contribution in [0.4, 0.5) is 5.69 Å². The summed E-state index contributed by atoms with van der Waals surface area (Å²) >= 11 is 3.69. The Balaban J connectivity index is 1.73. The van der Waals surface area contributed by atoms with E-state index in [0.717, 1.165) is 13.0 Å². The van der Waals surface area contributed by atoms with E-state index in [0.29, 0.717) is 17.6 Å². The Kier molecular flexibility index (Phi) is 3.61. The van der Waals surface area contributed by atoms with Gasteiger partial charge in [-0.05, 0) is 60.7 Å². The number of hydrogen-bond acceptors (Lipinski definition) is 2. The number of benzene rings is 1. The Bertz CT molecular complexity index is 470. The molecular formula is C16H22BrNO. The maximum Gasteiger partial charge on any atom is 0.0670 e. The zero-order chi connectivity index (χ0) is 13.5. The molecule has 0 bridgehead atoms. The molecule has 1 aromatic rings. The standard InChI is InChI=1S/C16H22BrNO/c1-3-19-14-10-13(16(14)8-5-9-16)18-12-7-4-6-11(2)15(12)17/h4,6-7,13-14,18H,3,5,8-10H2,1-2H3. The molecule has 0 saturated heterocycles. The SMILES string of the molecule is CCOC1CC(Nc2cccc(C)c2Br)C12CCC2. The second-order valence-electron chi connectivity index (χ2n) is 5.90. The lowest BCUT2D eigenvalue weighted by Crippen LogP contribution is -2.64. The summed E-state index contributed by atoms with van der Waals surface area (Å²) in [6.07, 6.45) is 5.62. The number of halogens is 1. The first-order chi connectivity index (χ1) is 9.17. The van der Waals surface area contributed by atoms with Gasteiger partial charge < -0.3 is 10.1 Å². The molecule has 19 heavy (non-hydrogen) atoms. The minimum absolute atomic E-state index is 0.416. The molecule has 0 amide bonds. The minimum atomic E-state index is 0.416. The van der Waals surface area contributed by atoms with Gasteiger partial charge in [0.25, 0.3) is 0 Å². The zero-order valence-electron chi connectivity index (χ0n) is 11.7. The summed E-state index contributed by atoms with van der Waals surface area (Å²) < 4.78 is 7.10. The normalized spacial score (nSPS) is 27.7. The fraction of sp³-hybridized carbons (Fsp3) is 0.625. The summed E-state index contributed by atoms with van der Waals surface area (Å²) in [5.41, 5.74) is 2.93. The van der Waals surface area contributed by atoms with Crippen LogP contribution < -0.4 is 5.32 Å². The number of aryl methyl sites for hydroxylation is 1. The smallest absolute Gasteiger partial charge is 0.0670 e. The fourth-order valence-electron chi connectivity index (χ4n) is 3.59. The molecule has 0 radical (unpaired) electrons. The van der Waals surface area contributed by atoms with Gasteiger partial charge in [-0.2, -0.15) is 0 Å². The van der Waals surface area contributed by atoms with Crippen LogP contribution in [0.1, 0.15) is 38.2 Å². The first-order valence-electron chi connectivity index (χ1n) is 7.30. The summed E-state index contributed by atoms with van der Waals surface area (Å²) in [7, 11) is 0. The molecule has 2 atom stereocenters. The zero-order valence-corrected chi connectivity index (χ0v) is 13.3. The van der Waals surface area contributed by atoms with Crippen LogP contribution in [0.15, 0.2) is 22.7 Å². The van der Waals surface area contributed by atoms with Crippen LogP contribution >= 0.6 is 15.9 Å². The Morgan fingerprint density at radius 2 is 2.21 bits per heavy atom. The Hall–Kier alpha value is -0.540. The summed E-state index contributed by atoms with van der Waals surface area (Å²) in [6, 6.07) is 7.00. The van der Waals surface area contributed by atoms with E-state index in [1.165, 1.54) is 35.0 Å². The third-order valence-corrected chi connectivity index (χ3v) is 6.01. The molecule has 0 aromatic heterocycles. The molecule has 2 aliphatic carbocycles. The van der Waals surface area contributed by atoms with E-state index in [1.54, 1.807) is 0 Å². The van der Waals surface area contributed by atoms with Gasteiger partial charge in [-0.15, -0.1) is 0 Å². The van der Waals surface area contributed by atoms with Crippen LogP contribution in [-0.2, 0) is 4.74 Å². The molecule has 2 fully saturated rings. The predicted octanol–water partition coefficient (Wildman–Crippen LogP) is 4.52. The highest BCUT2D eigenvalue weighted by molar-refractivity contribution is 9.10. The predicted molar refractivity (Wildman–Crippen MR) is 82.6 cm³/mol. The average molecular weight is 324 g/mol. The van der Waals surface area contributed by atoms with Crippen LogP contribution in [0.3, 0.4) is 0 Å². The lowest BCUT2D eigenvalue weighted by atomic mass is 9.51. The minimum Gasteiger partial charge on any atom is -0.381 e. The van der Waals surface area contributed by atoms with Crippen LogP contribution in [-0.4, -0.2) is 18.8 Å². The molecule has 1 N–H and O–H groups in total. The highest BCUT2D eigenvalue weighted by Gasteiger charge is 2.58. The molecule has 0 heterocycles. The first-order valence-corrected chi connectivity index (χ1v) is 8.10. The van der Waals surface area contributed by atoms with Crippen molar-refractivity contribution in [3.8, 4) is 0 Å². The van der Waals surface area contributed by atoms with Crippen molar-refractivity contribution in [1.82, 2.24) is 0 Å². The van der Waals surface area contributed by atoms with Gasteiger partial charge in [-0.1, -0.05) is 18.6 Å². The van der Waals surface area contributed by atoms with E-state index < -0.39 is 0 Å². The third-order valence-electron chi connectivity index (χ3n) is 4.96. The lowest BCUT2D eigenvalue weighted by Gasteiger charge is -2.61. The van der Waals surface area contributed by atoms with Gasteiger partial charge >= 0.3 is 0 Å².